The molecule has 2 aromatic heterocycles. The Morgan fingerprint density at radius 3 is 3.25 bits per heavy atom. The summed E-state index contributed by atoms with van der Waals surface area (Å²) in [5.74, 6) is 0.757. The third-order valence-electron chi connectivity index (χ3n) is 2.72. The Morgan fingerprint density at radius 2 is 2.44 bits per heavy atom. The SMILES string of the molecule is CC1(Nc2ccc3nnnn3n2)CCOC1. The van der Waals surface area contributed by atoms with Crippen molar-refractivity contribution in [2.75, 3.05) is 18.5 Å². The number of anilines is 1. The molecule has 7 nitrogen and oxygen atoms in total. The van der Waals surface area contributed by atoms with Crippen molar-refractivity contribution in [2.45, 2.75) is 18.9 Å². The Morgan fingerprint density at radius 1 is 1.50 bits per heavy atom. The van der Waals surface area contributed by atoms with E-state index < -0.39 is 0 Å². The lowest BCUT2D eigenvalue weighted by Crippen LogP contribution is -2.35. The predicted octanol–water partition coefficient (Wildman–Crippen LogP) is 0.110. The zero-order valence-corrected chi connectivity index (χ0v) is 8.92. The summed E-state index contributed by atoms with van der Waals surface area (Å²) in [7, 11) is 0. The molecule has 3 heterocycles. The fraction of sp³-hybridized carbons (Fsp3) is 0.556. The Hall–Kier alpha value is -1.76. The highest BCUT2D eigenvalue weighted by atomic mass is 16.5. The van der Waals surface area contributed by atoms with E-state index in [0.717, 1.165) is 18.8 Å². The summed E-state index contributed by atoms with van der Waals surface area (Å²) in [6.07, 6.45) is 0.975. The molecule has 0 saturated carbocycles. The molecule has 1 aliphatic heterocycles. The number of aromatic nitrogens is 5. The molecular weight excluding hydrogens is 208 g/mol. The molecule has 7 heteroatoms. The number of ether oxygens (including phenoxy) is 1. The van der Waals surface area contributed by atoms with Crippen LogP contribution >= 0.6 is 0 Å². The van der Waals surface area contributed by atoms with Crippen LogP contribution in [0.5, 0.6) is 0 Å². The smallest absolute Gasteiger partial charge is 0.200 e. The zero-order valence-electron chi connectivity index (χ0n) is 8.92. The van der Waals surface area contributed by atoms with Gasteiger partial charge in [-0.15, -0.1) is 14.8 Å². The van der Waals surface area contributed by atoms with Gasteiger partial charge in [0.25, 0.3) is 0 Å². The van der Waals surface area contributed by atoms with Crippen LogP contribution in [0.1, 0.15) is 13.3 Å². The third kappa shape index (κ3) is 1.58. The quantitative estimate of drug-likeness (QED) is 0.774. The summed E-state index contributed by atoms with van der Waals surface area (Å²) < 4.78 is 6.77. The summed E-state index contributed by atoms with van der Waals surface area (Å²) in [5, 5.41) is 18.7. The molecule has 0 bridgehead atoms. The standard InChI is InChI=1S/C9H12N6O/c1-9(4-5-16-6-9)10-7-2-3-8-11-13-14-15(8)12-7/h2-3H,4-6H2,1H3,(H,10,12). The Bertz CT molecular complexity index is 503. The molecular formula is C9H12N6O. The maximum atomic E-state index is 5.37. The minimum atomic E-state index is -0.0469. The van der Waals surface area contributed by atoms with Crippen molar-refractivity contribution in [3.63, 3.8) is 0 Å². The van der Waals surface area contributed by atoms with Gasteiger partial charge in [-0.2, -0.15) is 0 Å². The monoisotopic (exact) mass is 220 g/mol. The van der Waals surface area contributed by atoms with E-state index in [4.69, 9.17) is 4.74 Å². The van der Waals surface area contributed by atoms with Gasteiger partial charge < -0.3 is 10.1 Å². The van der Waals surface area contributed by atoms with Crippen LogP contribution in [0.3, 0.4) is 0 Å². The Kier molecular flexibility index (Phi) is 2.00. The fourth-order valence-electron chi connectivity index (χ4n) is 1.79. The average Bonchev–Trinajstić information content (AvgIpc) is 2.86. The van der Waals surface area contributed by atoms with Gasteiger partial charge in [-0.1, -0.05) is 0 Å². The van der Waals surface area contributed by atoms with Crippen LogP contribution < -0.4 is 5.32 Å². The maximum absolute atomic E-state index is 5.37. The molecule has 16 heavy (non-hydrogen) atoms. The van der Waals surface area contributed by atoms with Crippen molar-refractivity contribution in [3.05, 3.63) is 12.1 Å². The molecule has 3 rings (SSSR count). The molecule has 1 unspecified atom stereocenters. The number of hydrogen-bond acceptors (Lipinski definition) is 6. The van der Waals surface area contributed by atoms with Gasteiger partial charge in [0.05, 0.1) is 12.1 Å². The number of fused-ring (bicyclic) bond motifs is 1. The van der Waals surface area contributed by atoms with Gasteiger partial charge >= 0.3 is 0 Å². The van der Waals surface area contributed by atoms with Gasteiger partial charge in [-0.25, -0.2) is 0 Å². The van der Waals surface area contributed by atoms with E-state index in [1.807, 2.05) is 12.1 Å². The van der Waals surface area contributed by atoms with Crippen LogP contribution in [-0.2, 0) is 4.74 Å². The number of nitrogens with one attached hydrogen (secondary N) is 1. The van der Waals surface area contributed by atoms with Crippen LogP contribution in [0.2, 0.25) is 0 Å². The summed E-state index contributed by atoms with van der Waals surface area (Å²) in [6.45, 7) is 3.60. The largest absolute Gasteiger partial charge is 0.379 e. The lowest BCUT2D eigenvalue weighted by Gasteiger charge is -2.23. The minimum Gasteiger partial charge on any atom is -0.379 e. The second-order valence-corrected chi connectivity index (χ2v) is 4.23. The van der Waals surface area contributed by atoms with Crippen molar-refractivity contribution in [1.82, 2.24) is 25.3 Å². The maximum Gasteiger partial charge on any atom is 0.200 e. The Labute approximate surface area is 91.8 Å². The molecule has 0 aromatic carbocycles. The van der Waals surface area contributed by atoms with Gasteiger partial charge in [-0.3, -0.25) is 0 Å². The summed E-state index contributed by atoms with van der Waals surface area (Å²) in [6, 6.07) is 3.70. The van der Waals surface area contributed by atoms with E-state index in [0.29, 0.717) is 12.3 Å². The normalized spacial score (nSPS) is 25.1. The van der Waals surface area contributed by atoms with Crippen molar-refractivity contribution in [1.29, 1.82) is 0 Å². The molecule has 0 spiro atoms. The first kappa shape index (κ1) is 9.46. The topological polar surface area (TPSA) is 77.2 Å². The van der Waals surface area contributed by atoms with Crippen molar-refractivity contribution in [3.8, 4) is 0 Å². The highest BCUT2D eigenvalue weighted by molar-refractivity contribution is 5.43. The van der Waals surface area contributed by atoms with Crippen molar-refractivity contribution >= 4 is 11.5 Å². The first-order valence-corrected chi connectivity index (χ1v) is 5.17. The Balaban J connectivity index is 1.88. The van der Waals surface area contributed by atoms with Crippen LogP contribution in [-0.4, -0.2) is 44.0 Å². The van der Waals surface area contributed by atoms with Crippen LogP contribution in [0.4, 0.5) is 5.82 Å². The summed E-state index contributed by atoms with van der Waals surface area (Å²) in [5.41, 5.74) is 0.590. The first-order chi connectivity index (χ1) is 7.75. The van der Waals surface area contributed by atoms with E-state index >= 15 is 0 Å². The molecule has 1 atom stereocenters. The number of tetrazole rings is 1. The van der Waals surface area contributed by atoms with Gasteiger partial charge in [0.15, 0.2) is 5.65 Å². The lowest BCUT2D eigenvalue weighted by atomic mass is 10.0. The fourth-order valence-corrected chi connectivity index (χ4v) is 1.79. The second-order valence-electron chi connectivity index (χ2n) is 4.23. The first-order valence-electron chi connectivity index (χ1n) is 5.17. The van der Waals surface area contributed by atoms with Crippen LogP contribution in [0, 0.1) is 0 Å². The predicted molar refractivity (Wildman–Crippen MR) is 56.0 cm³/mol. The molecule has 0 aliphatic carbocycles. The van der Waals surface area contributed by atoms with E-state index in [-0.39, 0.29) is 5.54 Å². The van der Waals surface area contributed by atoms with Gasteiger partial charge in [0.1, 0.15) is 5.82 Å². The van der Waals surface area contributed by atoms with Gasteiger partial charge in [-0.05, 0) is 35.9 Å². The lowest BCUT2D eigenvalue weighted by molar-refractivity contribution is 0.185. The third-order valence-corrected chi connectivity index (χ3v) is 2.72. The molecule has 1 saturated heterocycles. The minimum absolute atomic E-state index is 0.0469. The molecule has 1 aliphatic rings. The molecule has 1 fully saturated rings. The number of nitrogens with zero attached hydrogens (tertiary/aromatic N) is 5. The van der Waals surface area contributed by atoms with E-state index in [1.54, 1.807) is 0 Å². The summed E-state index contributed by atoms with van der Waals surface area (Å²) >= 11 is 0. The number of rotatable bonds is 2. The second kappa shape index (κ2) is 3.38. The van der Waals surface area contributed by atoms with E-state index in [2.05, 4.69) is 32.9 Å². The van der Waals surface area contributed by atoms with Gasteiger partial charge in [0, 0.05) is 6.61 Å². The van der Waals surface area contributed by atoms with Crippen molar-refractivity contribution < 1.29 is 4.74 Å². The van der Waals surface area contributed by atoms with Gasteiger partial charge in [0.2, 0.25) is 0 Å². The number of hydrogen-bond donors (Lipinski definition) is 1. The molecule has 0 radical (unpaired) electrons. The molecule has 2 aromatic rings. The average molecular weight is 220 g/mol. The van der Waals surface area contributed by atoms with Crippen LogP contribution in [0.25, 0.3) is 5.65 Å². The van der Waals surface area contributed by atoms with E-state index in [1.165, 1.54) is 4.63 Å². The molecule has 84 valence electrons. The summed E-state index contributed by atoms with van der Waals surface area (Å²) in [4.78, 5) is 0. The highest BCUT2D eigenvalue weighted by Crippen LogP contribution is 2.22. The van der Waals surface area contributed by atoms with Crippen molar-refractivity contribution in [2.24, 2.45) is 0 Å². The zero-order chi connectivity index (χ0) is 11.0. The van der Waals surface area contributed by atoms with Crippen LogP contribution in [0.15, 0.2) is 12.1 Å². The highest BCUT2D eigenvalue weighted by Gasteiger charge is 2.29. The van der Waals surface area contributed by atoms with E-state index in [9.17, 15) is 0 Å². The molecule has 1 N–H and O–H groups in total. The molecule has 0 amide bonds.